The molecule has 2 bridgehead atoms. The second-order valence-corrected chi connectivity index (χ2v) is 8.22. The number of benzene rings is 1. The minimum absolute atomic E-state index is 0.634. The van der Waals surface area contributed by atoms with E-state index in [-0.39, 0.29) is 0 Å². The van der Waals surface area contributed by atoms with Crippen LogP contribution in [0.15, 0.2) is 30.3 Å². The molecule has 2 aliphatic heterocycles. The summed E-state index contributed by atoms with van der Waals surface area (Å²) in [6.45, 7) is 2.01. The molecule has 2 aromatic rings. The van der Waals surface area contributed by atoms with E-state index in [9.17, 15) is 5.11 Å². The van der Waals surface area contributed by atoms with E-state index in [0.29, 0.717) is 10.5 Å². The molecule has 0 aliphatic carbocycles. The smallest absolute Gasteiger partial charge is 0.0917 e. The Morgan fingerprint density at radius 1 is 1.14 bits per heavy atom. The second kappa shape index (κ2) is 4.99. The van der Waals surface area contributed by atoms with E-state index in [1.165, 1.54) is 19.3 Å². The Labute approximate surface area is 130 Å². The Hall–Kier alpha value is -1.06. The van der Waals surface area contributed by atoms with E-state index < -0.39 is 5.60 Å². The van der Waals surface area contributed by atoms with Crippen LogP contribution in [0.3, 0.4) is 0 Å². The molecule has 2 fully saturated rings. The predicted octanol–water partition coefficient (Wildman–Crippen LogP) is 4.18. The van der Waals surface area contributed by atoms with Crippen LogP contribution in [0.25, 0.3) is 10.9 Å². The highest BCUT2D eigenvalue weighted by molar-refractivity contribution is 8.00. The van der Waals surface area contributed by atoms with E-state index >= 15 is 0 Å². The summed E-state index contributed by atoms with van der Waals surface area (Å²) in [5.41, 5.74) is 2.50. The van der Waals surface area contributed by atoms with Gasteiger partial charge in [-0.3, -0.25) is 4.98 Å². The van der Waals surface area contributed by atoms with Crippen molar-refractivity contribution >= 4 is 22.7 Å². The third-order valence-corrected chi connectivity index (χ3v) is 6.51. The lowest BCUT2D eigenvalue weighted by Crippen LogP contribution is -2.40. The van der Waals surface area contributed by atoms with Gasteiger partial charge < -0.3 is 5.11 Å². The van der Waals surface area contributed by atoms with Crippen molar-refractivity contribution in [1.82, 2.24) is 4.98 Å². The van der Waals surface area contributed by atoms with Gasteiger partial charge in [-0.15, -0.1) is 0 Å². The number of hydrogen-bond donors (Lipinski definition) is 1. The SMILES string of the molecule is Cc1ccc2cc(C3(O)CC4CCCC(C3)S4)ccc2n1. The molecule has 1 aromatic carbocycles. The van der Waals surface area contributed by atoms with Gasteiger partial charge in [-0.05, 0) is 56.4 Å². The van der Waals surface area contributed by atoms with Gasteiger partial charge in [0.15, 0.2) is 0 Å². The molecule has 1 aromatic heterocycles. The van der Waals surface area contributed by atoms with Gasteiger partial charge in [0.05, 0.1) is 11.1 Å². The van der Waals surface area contributed by atoms with Crippen LogP contribution in [-0.2, 0) is 5.60 Å². The van der Waals surface area contributed by atoms with E-state index in [1.807, 2.05) is 13.0 Å². The maximum Gasteiger partial charge on any atom is 0.0917 e. The van der Waals surface area contributed by atoms with Crippen LogP contribution in [0, 0.1) is 6.92 Å². The van der Waals surface area contributed by atoms with Gasteiger partial charge in [0.25, 0.3) is 0 Å². The third kappa shape index (κ3) is 2.47. The highest BCUT2D eigenvalue weighted by atomic mass is 32.2. The lowest BCUT2D eigenvalue weighted by Gasteiger charge is -2.44. The number of rotatable bonds is 1. The molecule has 4 rings (SSSR count). The minimum Gasteiger partial charge on any atom is -0.385 e. The Morgan fingerprint density at radius 3 is 2.67 bits per heavy atom. The number of aromatic nitrogens is 1. The minimum atomic E-state index is -0.639. The number of hydrogen-bond acceptors (Lipinski definition) is 3. The fraction of sp³-hybridized carbons (Fsp3) is 0.500. The zero-order valence-corrected chi connectivity index (χ0v) is 13.2. The Morgan fingerprint density at radius 2 is 1.90 bits per heavy atom. The summed E-state index contributed by atoms with van der Waals surface area (Å²) < 4.78 is 0. The summed E-state index contributed by atoms with van der Waals surface area (Å²) >= 11 is 2.10. The lowest BCUT2D eigenvalue weighted by molar-refractivity contribution is 0.00825. The van der Waals surface area contributed by atoms with Crippen LogP contribution in [-0.4, -0.2) is 20.6 Å². The molecular weight excluding hydrogens is 278 g/mol. The average Bonchev–Trinajstić information content (AvgIpc) is 2.46. The summed E-state index contributed by atoms with van der Waals surface area (Å²) in [7, 11) is 0. The Bertz CT molecular complexity index is 672. The maximum atomic E-state index is 11.2. The van der Waals surface area contributed by atoms with Crippen molar-refractivity contribution in [1.29, 1.82) is 0 Å². The zero-order valence-electron chi connectivity index (χ0n) is 12.4. The van der Waals surface area contributed by atoms with Crippen LogP contribution in [0.4, 0.5) is 0 Å². The molecule has 110 valence electrons. The lowest BCUT2D eigenvalue weighted by atomic mass is 9.80. The van der Waals surface area contributed by atoms with Gasteiger partial charge >= 0.3 is 0 Å². The van der Waals surface area contributed by atoms with Crippen molar-refractivity contribution < 1.29 is 5.11 Å². The maximum absolute atomic E-state index is 11.2. The van der Waals surface area contributed by atoms with Crippen molar-refractivity contribution in [2.45, 2.75) is 55.1 Å². The second-order valence-electron chi connectivity index (χ2n) is 6.61. The molecule has 3 heteroatoms. The Balaban J connectivity index is 1.73. The molecule has 3 heterocycles. The summed E-state index contributed by atoms with van der Waals surface area (Å²) in [5, 5.41) is 13.6. The molecular formula is C18H21NOS. The fourth-order valence-corrected chi connectivity index (χ4v) is 5.76. The van der Waals surface area contributed by atoms with Gasteiger partial charge in [0.1, 0.15) is 0 Å². The van der Waals surface area contributed by atoms with E-state index in [4.69, 9.17) is 0 Å². The van der Waals surface area contributed by atoms with Crippen LogP contribution in [0.2, 0.25) is 0 Å². The number of aryl methyl sites for hydroxylation is 1. The van der Waals surface area contributed by atoms with Gasteiger partial charge in [-0.1, -0.05) is 18.6 Å². The largest absolute Gasteiger partial charge is 0.385 e. The molecule has 2 atom stereocenters. The molecule has 2 saturated heterocycles. The van der Waals surface area contributed by atoms with Crippen molar-refractivity contribution in [3.8, 4) is 0 Å². The predicted molar refractivity (Wildman–Crippen MR) is 88.6 cm³/mol. The van der Waals surface area contributed by atoms with Gasteiger partial charge in [0, 0.05) is 21.6 Å². The van der Waals surface area contributed by atoms with Crippen LogP contribution >= 0.6 is 11.8 Å². The van der Waals surface area contributed by atoms with Crippen molar-refractivity contribution in [3.05, 3.63) is 41.6 Å². The third-order valence-electron chi connectivity index (χ3n) is 4.93. The molecule has 21 heavy (non-hydrogen) atoms. The average molecular weight is 299 g/mol. The van der Waals surface area contributed by atoms with Crippen LogP contribution in [0.1, 0.15) is 43.4 Å². The number of pyridine rings is 1. The normalized spacial score (nSPS) is 32.3. The standard InChI is InChI=1S/C18H21NOS/c1-12-5-6-13-9-14(7-8-17(13)19-12)18(20)10-15-3-2-4-16(11-18)21-15/h5-9,15-16,20H,2-4,10-11H2,1H3. The molecule has 0 spiro atoms. The molecule has 0 amide bonds. The molecule has 1 N–H and O–H groups in total. The first-order valence-electron chi connectivity index (χ1n) is 7.88. The van der Waals surface area contributed by atoms with Gasteiger partial charge in [-0.2, -0.15) is 11.8 Å². The van der Waals surface area contributed by atoms with Gasteiger partial charge in [0.2, 0.25) is 0 Å². The van der Waals surface area contributed by atoms with Crippen molar-refractivity contribution in [2.75, 3.05) is 0 Å². The summed E-state index contributed by atoms with van der Waals surface area (Å²) in [6.07, 6.45) is 5.66. The van der Waals surface area contributed by atoms with Crippen LogP contribution < -0.4 is 0 Å². The first-order valence-corrected chi connectivity index (χ1v) is 8.82. The Kier molecular flexibility index (Phi) is 3.23. The number of thioether (sulfide) groups is 1. The fourth-order valence-electron chi connectivity index (χ4n) is 3.87. The topological polar surface area (TPSA) is 33.1 Å². The molecule has 2 unspecified atom stereocenters. The zero-order chi connectivity index (χ0) is 14.4. The molecule has 2 aliphatic rings. The number of fused-ring (bicyclic) bond motifs is 3. The van der Waals surface area contributed by atoms with E-state index in [2.05, 4.69) is 41.0 Å². The molecule has 0 saturated carbocycles. The number of nitrogens with zero attached hydrogens (tertiary/aromatic N) is 1. The van der Waals surface area contributed by atoms with Crippen molar-refractivity contribution in [3.63, 3.8) is 0 Å². The first kappa shape index (κ1) is 13.6. The first-order chi connectivity index (χ1) is 10.1. The highest BCUT2D eigenvalue weighted by Gasteiger charge is 2.42. The molecule has 0 radical (unpaired) electrons. The highest BCUT2D eigenvalue weighted by Crippen LogP contribution is 2.49. The van der Waals surface area contributed by atoms with Gasteiger partial charge in [-0.25, -0.2) is 0 Å². The quantitative estimate of drug-likeness (QED) is 0.857. The summed E-state index contributed by atoms with van der Waals surface area (Å²) in [6, 6.07) is 10.5. The summed E-state index contributed by atoms with van der Waals surface area (Å²) in [4.78, 5) is 4.56. The molecule has 2 nitrogen and oxygen atoms in total. The monoisotopic (exact) mass is 299 g/mol. The number of aliphatic hydroxyl groups is 1. The van der Waals surface area contributed by atoms with E-state index in [0.717, 1.165) is 35.0 Å². The van der Waals surface area contributed by atoms with Crippen LogP contribution in [0.5, 0.6) is 0 Å². The van der Waals surface area contributed by atoms with E-state index in [1.54, 1.807) is 0 Å². The summed E-state index contributed by atoms with van der Waals surface area (Å²) in [5.74, 6) is 0. The van der Waals surface area contributed by atoms with Crippen molar-refractivity contribution in [2.24, 2.45) is 0 Å².